The van der Waals surface area contributed by atoms with Crippen molar-refractivity contribution in [3.05, 3.63) is 0 Å². The number of guanidine groups is 1. The van der Waals surface area contributed by atoms with Crippen LogP contribution in [0.3, 0.4) is 0 Å². The van der Waals surface area contributed by atoms with Crippen molar-refractivity contribution in [2.75, 3.05) is 33.4 Å². The molecule has 0 aromatic carbocycles. The Morgan fingerprint density at radius 2 is 2.19 bits per heavy atom. The number of aliphatic imine (C=N–C) groups is 1. The van der Waals surface area contributed by atoms with E-state index in [1.807, 2.05) is 6.92 Å². The molecule has 1 saturated carbocycles. The summed E-state index contributed by atoms with van der Waals surface area (Å²) in [5.74, 6) is 0.750. The van der Waals surface area contributed by atoms with Crippen LogP contribution in [-0.4, -0.2) is 50.0 Å². The van der Waals surface area contributed by atoms with Crippen LogP contribution < -0.4 is 10.6 Å². The van der Waals surface area contributed by atoms with Gasteiger partial charge >= 0.3 is 0 Å². The van der Waals surface area contributed by atoms with E-state index in [2.05, 4.69) is 15.6 Å². The van der Waals surface area contributed by atoms with Crippen LogP contribution in [0.25, 0.3) is 0 Å². The van der Waals surface area contributed by atoms with E-state index in [4.69, 9.17) is 4.74 Å². The van der Waals surface area contributed by atoms with Gasteiger partial charge in [-0.3, -0.25) is 4.99 Å². The molecule has 1 aliphatic rings. The Kier molecular flexibility index (Phi) is 5.55. The normalized spacial score (nSPS) is 19.1. The van der Waals surface area contributed by atoms with Gasteiger partial charge in [0.2, 0.25) is 0 Å². The fourth-order valence-corrected chi connectivity index (χ4v) is 1.58. The van der Waals surface area contributed by atoms with Crippen molar-refractivity contribution in [3.8, 4) is 0 Å². The zero-order chi connectivity index (χ0) is 11.9. The molecule has 1 aliphatic carbocycles. The van der Waals surface area contributed by atoms with Gasteiger partial charge in [-0.15, -0.1) is 0 Å². The minimum absolute atomic E-state index is 0.481. The maximum absolute atomic E-state index is 9.91. The second-order valence-corrected chi connectivity index (χ2v) is 4.19. The summed E-state index contributed by atoms with van der Waals surface area (Å²) in [5.41, 5.74) is -0.552. The Morgan fingerprint density at radius 3 is 2.69 bits per heavy atom. The van der Waals surface area contributed by atoms with Gasteiger partial charge in [-0.2, -0.15) is 0 Å². The molecule has 0 amide bonds. The summed E-state index contributed by atoms with van der Waals surface area (Å²) in [5, 5.41) is 16.2. The molecule has 5 nitrogen and oxygen atoms in total. The number of aliphatic hydroxyl groups is 1. The summed E-state index contributed by atoms with van der Waals surface area (Å²) < 4.78 is 4.95. The van der Waals surface area contributed by atoms with Crippen molar-refractivity contribution in [2.24, 2.45) is 4.99 Å². The van der Waals surface area contributed by atoms with Crippen molar-refractivity contribution in [1.82, 2.24) is 10.6 Å². The summed E-state index contributed by atoms with van der Waals surface area (Å²) >= 11 is 0. The van der Waals surface area contributed by atoms with Crippen molar-refractivity contribution in [3.63, 3.8) is 0 Å². The van der Waals surface area contributed by atoms with Gasteiger partial charge in [-0.05, 0) is 26.2 Å². The molecule has 0 atom stereocenters. The van der Waals surface area contributed by atoms with E-state index in [9.17, 15) is 5.11 Å². The van der Waals surface area contributed by atoms with Crippen LogP contribution in [0.5, 0.6) is 0 Å². The molecular formula is C11H23N3O2. The van der Waals surface area contributed by atoms with Gasteiger partial charge in [0.1, 0.15) is 0 Å². The van der Waals surface area contributed by atoms with E-state index >= 15 is 0 Å². The second kappa shape index (κ2) is 6.70. The van der Waals surface area contributed by atoms with Crippen molar-refractivity contribution < 1.29 is 9.84 Å². The van der Waals surface area contributed by atoms with E-state index < -0.39 is 5.60 Å². The Balaban J connectivity index is 2.32. The number of ether oxygens (including phenoxy) is 1. The molecular weight excluding hydrogens is 206 g/mol. The summed E-state index contributed by atoms with van der Waals surface area (Å²) in [6.45, 7) is 4.69. The van der Waals surface area contributed by atoms with Gasteiger partial charge in [-0.25, -0.2) is 0 Å². The maximum Gasteiger partial charge on any atom is 0.191 e. The third-order valence-corrected chi connectivity index (χ3v) is 2.76. The standard InChI is InChI=1S/C11H23N3O2/c1-3-12-10(13-7-8-16-2)14-9-11(15)5-4-6-11/h15H,3-9H2,1-2H3,(H2,12,13,14). The minimum Gasteiger partial charge on any atom is -0.388 e. The van der Waals surface area contributed by atoms with E-state index in [1.54, 1.807) is 7.11 Å². The van der Waals surface area contributed by atoms with Gasteiger partial charge in [-0.1, -0.05) is 0 Å². The zero-order valence-corrected chi connectivity index (χ0v) is 10.3. The van der Waals surface area contributed by atoms with E-state index in [0.29, 0.717) is 13.2 Å². The average molecular weight is 229 g/mol. The van der Waals surface area contributed by atoms with Crippen molar-refractivity contribution in [2.45, 2.75) is 31.8 Å². The molecule has 94 valence electrons. The van der Waals surface area contributed by atoms with Gasteiger partial charge in [0.05, 0.1) is 18.8 Å². The highest BCUT2D eigenvalue weighted by Gasteiger charge is 2.34. The topological polar surface area (TPSA) is 65.9 Å². The Labute approximate surface area is 97.3 Å². The van der Waals surface area contributed by atoms with Gasteiger partial charge in [0.15, 0.2) is 5.96 Å². The largest absolute Gasteiger partial charge is 0.388 e. The Bertz CT molecular complexity index is 227. The smallest absolute Gasteiger partial charge is 0.191 e. The maximum atomic E-state index is 9.91. The first-order valence-electron chi connectivity index (χ1n) is 5.94. The molecule has 0 aliphatic heterocycles. The predicted molar refractivity (Wildman–Crippen MR) is 64.7 cm³/mol. The molecule has 0 spiro atoms. The van der Waals surface area contributed by atoms with E-state index in [0.717, 1.165) is 38.3 Å². The highest BCUT2D eigenvalue weighted by atomic mass is 16.5. The van der Waals surface area contributed by atoms with Crippen LogP contribution >= 0.6 is 0 Å². The number of hydrogen-bond donors (Lipinski definition) is 3. The first-order chi connectivity index (χ1) is 7.70. The third-order valence-electron chi connectivity index (χ3n) is 2.76. The summed E-state index contributed by atoms with van der Waals surface area (Å²) in [4.78, 5) is 4.37. The lowest BCUT2D eigenvalue weighted by molar-refractivity contribution is -0.0236. The third kappa shape index (κ3) is 4.37. The summed E-state index contributed by atoms with van der Waals surface area (Å²) in [6.07, 6.45) is 2.85. The zero-order valence-electron chi connectivity index (χ0n) is 10.3. The van der Waals surface area contributed by atoms with Crippen molar-refractivity contribution >= 4 is 5.96 Å². The quantitative estimate of drug-likeness (QED) is 0.343. The minimum atomic E-state index is -0.552. The van der Waals surface area contributed by atoms with Crippen LogP contribution in [-0.2, 0) is 4.74 Å². The summed E-state index contributed by atoms with van der Waals surface area (Å²) in [6, 6.07) is 0. The molecule has 1 fully saturated rings. The van der Waals surface area contributed by atoms with Crippen molar-refractivity contribution in [1.29, 1.82) is 0 Å². The lowest BCUT2D eigenvalue weighted by atomic mass is 9.80. The van der Waals surface area contributed by atoms with Gasteiger partial charge in [0.25, 0.3) is 0 Å². The molecule has 0 bridgehead atoms. The number of nitrogens with zero attached hydrogens (tertiary/aromatic N) is 1. The summed E-state index contributed by atoms with van der Waals surface area (Å²) in [7, 11) is 1.67. The first kappa shape index (κ1) is 13.3. The number of methoxy groups -OCH3 is 1. The van der Waals surface area contributed by atoms with Crippen LogP contribution in [0.1, 0.15) is 26.2 Å². The second-order valence-electron chi connectivity index (χ2n) is 4.19. The van der Waals surface area contributed by atoms with Crippen LogP contribution in [0.4, 0.5) is 0 Å². The molecule has 0 radical (unpaired) electrons. The molecule has 0 unspecified atom stereocenters. The van der Waals surface area contributed by atoms with Crippen LogP contribution in [0, 0.1) is 0 Å². The first-order valence-corrected chi connectivity index (χ1v) is 5.94. The molecule has 0 heterocycles. The molecule has 0 aromatic heterocycles. The predicted octanol–water partition coefficient (Wildman–Crippen LogP) is 0.103. The van der Waals surface area contributed by atoms with E-state index in [-0.39, 0.29) is 0 Å². The Morgan fingerprint density at radius 1 is 1.44 bits per heavy atom. The van der Waals surface area contributed by atoms with Crippen LogP contribution in [0.2, 0.25) is 0 Å². The highest BCUT2D eigenvalue weighted by molar-refractivity contribution is 5.79. The SMILES string of the molecule is CCNC(=NCC1(O)CCC1)NCCOC. The van der Waals surface area contributed by atoms with Gasteiger partial charge in [0, 0.05) is 20.2 Å². The van der Waals surface area contributed by atoms with Gasteiger partial charge < -0.3 is 20.5 Å². The molecule has 0 aromatic rings. The van der Waals surface area contributed by atoms with Crippen LogP contribution in [0.15, 0.2) is 4.99 Å². The van der Waals surface area contributed by atoms with E-state index in [1.165, 1.54) is 0 Å². The fourth-order valence-electron chi connectivity index (χ4n) is 1.58. The number of nitrogens with one attached hydrogen (secondary N) is 2. The monoisotopic (exact) mass is 229 g/mol. The molecule has 1 rings (SSSR count). The molecule has 5 heteroatoms. The Hall–Kier alpha value is -0.810. The fraction of sp³-hybridized carbons (Fsp3) is 0.909. The lowest BCUT2D eigenvalue weighted by Crippen LogP contribution is -2.43. The molecule has 3 N–H and O–H groups in total. The molecule has 16 heavy (non-hydrogen) atoms. The number of rotatable bonds is 6. The lowest BCUT2D eigenvalue weighted by Gasteiger charge is -2.35. The average Bonchev–Trinajstić information content (AvgIpc) is 2.23. The highest BCUT2D eigenvalue weighted by Crippen LogP contribution is 2.31. The molecule has 0 saturated heterocycles. The number of hydrogen-bond acceptors (Lipinski definition) is 3.